The fraction of sp³-hybridized carbons (Fsp3) is 0.389. The number of hydrogen-bond acceptors (Lipinski definition) is 4. The van der Waals surface area contributed by atoms with Gasteiger partial charge in [-0.3, -0.25) is 9.59 Å². The molecule has 2 aromatic rings. The van der Waals surface area contributed by atoms with Gasteiger partial charge in [0.15, 0.2) is 0 Å². The van der Waals surface area contributed by atoms with Gasteiger partial charge in [-0.15, -0.1) is 0 Å². The highest BCUT2D eigenvalue weighted by Crippen LogP contribution is 2.23. The van der Waals surface area contributed by atoms with E-state index in [-0.39, 0.29) is 18.4 Å². The molecule has 0 aliphatic carbocycles. The molecule has 0 spiro atoms. The largest absolute Gasteiger partial charge is 0.497 e. The number of aryl methyl sites for hydroxylation is 1. The van der Waals surface area contributed by atoms with Crippen LogP contribution in [-0.2, 0) is 16.6 Å². The van der Waals surface area contributed by atoms with Crippen LogP contribution in [0.4, 0.5) is 0 Å². The Labute approximate surface area is 146 Å². The average Bonchev–Trinajstić information content (AvgIpc) is 3.21. The Balaban J connectivity index is 1.80. The first-order valence-electron chi connectivity index (χ1n) is 8.27. The van der Waals surface area contributed by atoms with Gasteiger partial charge in [0.1, 0.15) is 17.6 Å². The summed E-state index contributed by atoms with van der Waals surface area (Å²) in [4.78, 5) is 30.2. The molecule has 7 heteroatoms. The van der Waals surface area contributed by atoms with E-state index in [1.165, 1.54) is 0 Å². The second kappa shape index (κ2) is 7.38. The summed E-state index contributed by atoms with van der Waals surface area (Å²) in [5.74, 6) is 1.31. The van der Waals surface area contributed by atoms with Crippen LogP contribution in [0.2, 0.25) is 0 Å². The fourth-order valence-electron chi connectivity index (χ4n) is 3.00. The lowest BCUT2D eigenvalue weighted by Crippen LogP contribution is -2.40. The molecular formula is C18H22N4O3. The fourth-order valence-corrected chi connectivity index (χ4v) is 3.00. The molecule has 2 heterocycles. The monoisotopic (exact) mass is 342 g/mol. The summed E-state index contributed by atoms with van der Waals surface area (Å²) in [7, 11) is 3.50. The van der Waals surface area contributed by atoms with Gasteiger partial charge in [-0.25, -0.2) is 4.98 Å². The van der Waals surface area contributed by atoms with Crippen LogP contribution in [0.5, 0.6) is 5.75 Å². The van der Waals surface area contributed by atoms with E-state index in [4.69, 9.17) is 4.74 Å². The molecule has 1 fully saturated rings. The number of benzene rings is 1. The van der Waals surface area contributed by atoms with E-state index < -0.39 is 6.04 Å². The van der Waals surface area contributed by atoms with E-state index in [1.54, 1.807) is 18.2 Å². The van der Waals surface area contributed by atoms with Crippen molar-refractivity contribution < 1.29 is 14.3 Å². The third-order valence-electron chi connectivity index (χ3n) is 4.38. The molecule has 3 rings (SSSR count). The van der Waals surface area contributed by atoms with E-state index in [2.05, 4.69) is 10.3 Å². The summed E-state index contributed by atoms with van der Waals surface area (Å²) in [6.07, 6.45) is 4.87. The second-order valence-electron chi connectivity index (χ2n) is 6.09. The first-order valence-corrected chi connectivity index (χ1v) is 8.27. The van der Waals surface area contributed by atoms with Gasteiger partial charge in [0.2, 0.25) is 11.8 Å². The number of nitrogens with zero attached hydrogens (tertiary/aromatic N) is 3. The number of imidazole rings is 1. The van der Waals surface area contributed by atoms with Crippen molar-refractivity contribution in [3.05, 3.63) is 48.0 Å². The van der Waals surface area contributed by atoms with Crippen LogP contribution in [-0.4, -0.2) is 46.5 Å². The van der Waals surface area contributed by atoms with Crippen LogP contribution in [0.1, 0.15) is 30.3 Å². The van der Waals surface area contributed by atoms with Crippen LogP contribution in [0.15, 0.2) is 36.7 Å². The number of likely N-dealkylation sites (tertiary alicyclic amines) is 1. The van der Waals surface area contributed by atoms with E-state index in [0.717, 1.165) is 23.6 Å². The minimum Gasteiger partial charge on any atom is -0.497 e. The van der Waals surface area contributed by atoms with Gasteiger partial charge in [-0.2, -0.15) is 0 Å². The predicted octanol–water partition coefficient (Wildman–Crippen LogP) is 1.26. The zero-order chi connectivity index (χ0) is 17.8. The van der Waals surface area contributed by atoms with Crippen molar-refractivity contribution in [2.75, 3.05) is 20.2 Å². The van der Waals surface area contributed by atoms with Crippen LogP contribution in [0.3, 0.4) is 0 Å². The molecule has 2 amide bonds. The van der Waals surface area contributed by atoms with Crippen molar-refractivity contribution in [1.29, 1.82) is 0 Å². The number of aromatic nitrogens is 2. The number of hydrogen-bond donors (Lipinski definition) is 1. The van der Waals surface area contributed by atoms with Crippen molar-refractivity contribution in [3.63, 3.8) is 0 Å². The van der Waals surface area contributed by atoms with Gasteiger partial charge in [-0.1, -0.05) is 12.1 Å². The highest BCUT2D eigenvalue weighted by atomic mass is 16.5. The van der Waals surface area contributed by atoms with Gasteiger partial charge in [0.05, 0.1) is 13.7 Å². The highest BCUT2D eigenvalue weighted by molar-refractivity contribution is 5.86. The topological polar surface area (TPSA) is 76.5 Å². The number of ether oxygens (including phenoxy) is 1. The molecule has 1 aliphatic rings. The molecule has 1 aromatic carbocycles. The minimum absolute atomic E-state index is 0.0353. The van der Waals surface area contributed by atoms with E-state index in [0.29, 0.717) is 13.0 Å². The Morgan fingerprint density at radius 3 is 2.68 bits per heavy atom. The van der Waals surface area contributed by atoms with Gasteiger partial charge in [0.25, 0.3) is 0 Å². The first kappa shape index (κ1) is 17.0. The number of carbonyl (C=O) groups is 2. The summed E-state index contributed by atoms with van der Waals surface area (Å²) in [5.41, 5.74) is 0.899. The zero-order valence-corrected chi connectivity index (χ0v) is 14.4. The van der Waals surface area contributed by atoms with Crippen LogP contribution >= 0.6 is 0 Å². The number of rotatable bonds is 6. The van der Waals surface area contributed by atoms with Crippen LogP contribution in [0, 0.1) is 0 Å². The lowest BCUT2D eigenvalue weighted by Gasteiger charge is -2.21. The van der Waals surface area contributed by atoms with E-state index >= 15 is 0 Å². The van der Waals surface area contributed by atoms with Crippen molar-refractivity contribution >= 4 is 11.8 Å². The van der Waals surface area contributed by atoms with Gasteiger partial charge >= 0.3 is 0 Å². The molecule has 1 saturated heterocycles. The number of carbonyl (C=O) groups excluding carboxylic acids is 2. The molecule has 1 unspecified atom stereocenters. The van der Waals surface area contributed by atoms with Crippen molar-refractivity contribution in [3.8, 4) is 5.75 Å². The molecule has 1 atom stereocenters. The van der Waals surface area contributed by atoms with Gasteiger partial charge in [-0.05, 0) is 24.1 Å². The van der Waals surface area contributed by atoms with E-state index in [9.17, 15) is 9.59 Å². The van der Waals surface area contributed by atoms with Crippen LogP contribution in [0.25, 0.3) is 0 Å². The van der Waals surface area contributed by atoms with Gasteiger partial charge < -0.3 is 19.5 Å². The molecule has 0 saturated carbocycles. The lowest BCUT2D eigenvalue weighted by atomic mass is 10.1. The van der Waals surface area contributed by atoms with Crippen LogP contribution < -0.4 is 10.1 Å². The molecule has 132 valence electrons. The maximum atomic E-state index is 12.5. The normalized spacial score (nSPS) is 15.3. The molecule has 25 heavy (non-hydrogen) atoms. The van der Waals surface area contributed by atoms with Gasteiger partial charge in [0, 0.05) is 32.4 Å². The number of nitrogens with one attached hydrogen (secondary N) is 1. The third kappa shape index (κ3) is 3.81. The number of amides is 2. The summed E-state index contributed by atoms with van der Waals surface area (Å²) >= 11 is 0. The summed E-state index contributed by atoms with van der Waals surface area (Å²) in [5, 5.41) is 3.00. The third-order valence-corrected chi connectivity index (χ3v) is 4.38. The molecular weight excluding hydrogens is 320 g/mol. The minimum atomic E-state index is -0.392. The van der Waals surface area contributed by atoms with Crippen molar-refractivity contribution in [2.24, 2.45) is 7.05 Å². The Bertz CT molecular complexity index is 754. The summed E-state index contributed by atoms with van der Waals surface area (Å²) in [6, 6.07) is 7.11. The Morgan fingerprint density at radius 2 is 2.12 bits per heavy atom. The number of methoxy groups -OCH3 is 1. The molecule has 1 aliphatic heterocycles. The standard InChI is InChI=1S/C18H22N4O3/c1-21-11-9-19-18(21)17(13-5-7-14(25-2)8-6-13)20-15(23)12-22-10-3-4-16(22)24/h5-9,11,17H,3-4,10,12H2,1-2H3,(H,20,23). The molecule has 0 radical (unpaired) electrons. The molecule has 1 N–H and O–H groups in total. The first-order chi connectivity index (χ1) is 12.1. The lowest BCUT2D eigenvalue weighted by molar-refractivity contribution is -0.133. The average molecular weight is 342 g/mol. The maximum absolute atomic E-state index is 12.5. The Kier molecular flexibility index (Phi) is 5.02. The van der Waals surface area contributed by atoms with Crippen molar-refractivity contribution in [2.45, 2.75) is 18.9 Å². The molecule has 0 bridgehead atoms. The van der Waals surface area contributed by atoms with E-state index in [1.807, 2.05) is 42.1 Å². The second-order valence-corrected chi connectivity index (χ2v) is 6.09. The highest BCUT2D eigenvalue weighted by Gasteiger charge is 2.25. The predicted molar refractivity (Wildman–Crippen MR) is 92.0 cm³/mol. The smallest absolute Gasteiger partial charge is 0.240 e. The zero-order valence-electron chi connectivity index (χ0n) is 14.4. The Hall–Kier alpha value is -2.83. The quantitative estimate of drug-likeness (QED) is 0.857. The summed E-state index contributed by atoms with van der Waals surface area (Å²) < 4.78 is 7.06. The summed E-state index contributed by atoms with van der Waals surface area (Å²) in [6.45, 7) is 0.720. The van der Waals surface area contributed by atoms with Crippen molar-refractivity contribution in [1.82, 2.24) is 19.8 Å². The molecule has 1 aromatic heterocycles. The maximum Gasteiger partial charge on any atom is 0.240 e. The SMILES string of the molecule is COc1ccc(C(NC(=O)CN2CCCC2=O)c2nccn2C)cc1. The Morgan fingerprint density at radius 1 is 1.36 bits per heavy atom. The molecule has 7 nitrogen and oxygen atoms in total.